The fourth-order valence-corrected chi connectivity index (χ4v) is 2.83. The molecule has 0 aliphatic heterocycles. The average Bonchev–Trinajstić information content (AvgIpc) is 2.85. The third-order valence-electron chi connectivity index (χ3n) is 3.91. The zero-order valence-electron chi connectivity index (χ0n) is 10.5. The second kappa shape index (κ2) is 4.23. The molecule has 0 spiro atoms. The van der Waals surface area contributed by atoms with Crippen LogP contribution < -0.4 is 5.73 Å². The molecule has 1 fully saturated rings. The first kappa shape index (κ1) is 11.5. The topological polar surface area (TPSA) is 38.9 Å². The number of hydrogen-bond donors (Lipinski definition) is 1. The molecule has 1 heterocycles. The maximum absolute atomic E-state index is 13.6. The number of nitrogens with two attached hydrogens (primary N) is 1. The molecule has 94 valence electrons. The molecular formula is C15H17FN2. The molecule has 0 unspecified atom stereocenters. The summed E-state index contributed by atoms with van der Waals surface area (Å²) in [7, 11) is 0. The highest BCUT2D eigenvalue weighted by Crippen LogP contribution is 2.35. The van der Waals surface area contributed by atoms with Gasteiger partial charge in [-0.15, -0.1) is 0 Å². The van der Waals surface area contributed by atoms with Gasteiger partial charge in [-0.3, -0.25) is 4.98 Å². The predicted molar refractivity (Wildman–Crippen MR) is 72.1 cm³/mol. The zero-order chi connectivity index (χ0) is 12.7. The minimum absolute atomic E-state index is 0.210. The number of aryl methyl sites for hydroxylation is 1. The molecule has 3 heteroatoms. The van der Waals surface area contributed by atoms with Crippen molar-refractivity contribution >= 4 is 16.6 Å². The molecule has 1 saturated carbocycles. The Bertz CT molecular complexity index is 601. The van der Waals surface area contributed by atoms with Crippen LogP contribution in [0, 0.1) is 12.7 Å². The highest BCUT2D eigenvalue weighted by atomic mass is 19.1. The van der Waals surface area contributed by atoms with E-state index in [-0.39, 0.29) is 5.82 Å². The van der Waals surface area contributed by atoms with Crippen molar-refractivity contribution < 1.29 is 4.39 Å². The van der Waals surface area contributed by atoms with Gasteiger partial charge >= 0.3 is 0 Å². The second-order valence-electron chi connectivity index (χ2n) is 5.24. The highest BCUT2D eigenvalue weighted by molar-refractivity contribution is 5.90. The maximum atomic E-state index is 13.6. The van der Waals surface area contributed by atoms with Gasteiger partial charge in [0.25, 0.3) is 0 Å². The number of benzene rings is 1. The Hall–Kier alpha value is -1.64. The Kier molecular flexibility index (Phi) is 2.69. The van der Waals surface area contributed by atoms with Crippen molar-refractivity contribution in [3.05, 3.63) is 35.3 Å². The molecule has 18 heavy (non-hydrogen) atoms. The summed E-state index contributed by atoms with van der Waals surface area (Å²) in [4.78, 5) is 4.60. The molecule has 1 aliphatic carbocycles. The van der Waals surface area contributed by atoms with Gasteiger partial charge in [0.05, 0.1) is 5.52 Å². The monoisotopic (exact) mass is 244 g/mol. The fourth-order valence-electron chi connectivity index (χ4n) is 2.83. The molecule has 1 aromatic carbocycles. The van der Waals surface area contributed by atoms with Gasteiger partial charge in [-0.1, -0.05) is 12.8 Å². The van der Waals surface area contributed by atoms with Crippen LogP contribution in [0.5, 0.6) is 0 Å². The van der Waals surface area contributed by atoms with Crippen LogP contribution in [0.15, 0.2) is 18.2 Å². The predicted octanol–water partition coefficient (Wildman–Crippen LogP) is 3.92. The minimum Gasteiger partial charge on any atom is -0.398 e. The largest absolute Gasteiger partial charge is 0.398 e. The van der Waals surface area contributed by atoms with E-state index in [0.717, 1.165) is 11.1 Å². The molecule has 0 radical (unpaired) electrons. The Labute approximate surface area is 106 Å². The number of rotatable bonds is 1. The molecule has 0 bridgehead atoms. The Balaban J connectivity index is 2.16. The highest BCUT2D eigenvalue weighted by Gasteiger charge is 2.19. The van der Waals surface area contributed by atoms with Crippen molar-refractivity contribution in [2.24, 2.45) is 0 Å². The van der Waals surface area contributed by atoms with Crippen molar-refractivity contribution in [3.8, 4) is 0 Å². The third kappa shape index (κ3) is 1.84. The first-order chi connectivity index (χ1) is 8.65. The summed E-state index contributed by atoms with van der Waals surface area (Å²) in [5.41, 5.74) is 9.12. The minimum atomic E-state index is -0.210. The number of nitrogens with zero attached hydrogens (tertiary/aromatic N) is 1. The van der Waals surface area contributed by atoms with E-state index >= 15 is 0 Å². The SMILES string of the molecule is Cc1cc2c(N)cc(C3CCCC3)nc2cc1F. The normalized spacial score (nSPS) is 16.6. The van der Waals surface area contributed by atoms with Crippen molar-refractivity contribution in [3.63, 3.8) is 0 Å². The van der Waals surface area contributed by atoms with Crippen LogP contribution in [0.25, 0.3) is 10.9 Å². The number of aromatic nitrogens is 1. The molecule has 1 aliphatic rings. The van der Waals surface area contributed by atoms with E-state index in [1.54, 1.807) is 13.0 Å². The fraction of sp³-hybridized carbons (Fsp3) is 0.400. The summed E-state index contributed by atoms with van der Waals surface area (Å²) >= 11 is 0. The van der Waals surface area contributed by atoms with Crippen molar-refractivity contribution in [1.29, 1.82) is 0 Å². The van der Waals surface area contributed by atoms with Crippen LogP contribution in [0.4, 0.5) is 10.1 Å². The van der Waals surface area contributed by atoms with Crippen LogP contribution in [0.3, 0.4) is 0 Å². The van der Waals surface area contributed by atoms with E-state index in [1.165, 1.54) is 31.7 Å². The summed E-state index contributed by atoms with van der Waals surface area (Å²) in [6, 6.07) is 5.25. The number of pyridine rings is 1. The Morgan fingerprint density at radius 3 is 2.67 bits per heavy atom. The van der Waals surface area contributed by atoms with Crippen molar-refractivity contribution in [1.82, 2.24) is 4.98 Å². The van der Waals surface area contributed by atoms with E-state index in [0.29, 0.717) is 22.7 Å². The van der Waals surface area contributed by atoms with E-state index in [1.807, 2.05) is 6.07 Å². The molecule has 0 saturated heterocycles. The lowest BCUT2D eigenvalue weighted by atomic mass is 10.0. The Morgan fingerprint density at radius 2 is 1.94 bits per heavy atom. The van der Waals surface area contributed by atoms with Gasteiger partial charge in [0.2, 0.25) is 0 Å². The lowest BCUT2D eigenvalue weighted by Crippen LogP contribution is -2.00. The quantitative estimate of drug-likeness (QED) is 0.825. The summed E-state index contributed by atoms with van der Waals surface area (Å²) in [6.07, 6.45) is 4.86. The zero-order valence-corrected chi connectivity index (χ0v) is 10.5. The number of fused-ring (bicyclic) bond motifs is 1. The van der Waals surface area contributed by atoms with Gasteiger partial charge in [0, 0.05) is 28.8 Å². The van der Waals surface area contributed by atoms with Gasteiger partial charge < -0.3 is 5.73 Å². The summed E-state index contributed by atoms with van der Waals surface area (Å²) in [6.45, 7) is 1.75. The molecule has 3 rings (SSSR count). The lowest BCUT2D eigenvalue weighted by Gasteiger charge is -2.12. The molecular weight excluding hydrogens is 227 g/mol. The smallest absolute Gasteiger partial charge is 0.128 e. The first-order valence-corrected chi connectivity index (χ1v) is 6.51. The molecule has 1 aromatic heterocycles. The molecule has 2 nitrogen and oxygen atoms in total. The molecule has 0 atom stereocenters. The van der Waals surface area contributed by atoms with E-state index in [2.05, 4.69) is 4.98 Å². The summed E-state index contributed by atoms with van der Waals surface area (Å²) in [5.74, 6) is 0.291. The molecule has 0 amide bonds. The van der Waals surface area contributed by atoms with Crippen molar-refractivity contribution in [2.45, 2.75) is 38.5 Å². The van der Waals surface area contributed by atoms with Crippen molar-refractivity contribution in [2.75, 3.05) is 5.73 Å². The lowest BCUT2D eigenvalue weighted by molar-refractivity contribution is 0.620. The average molecular weight is 244 g/mol. The summed E-state index contributed by atoms with van der Waals surface area (Å²) < 4.78 is 13.6. The van der Waals surface area contributed by atoms with Crippen LogP contribution in [0.2, 0.25) is 0 Å². The van der Waals surface area contributed by atoms with E-state index in [4.69, 9.17) is 5.73 Å². The van der Waals surface area contributed by atoms with E-state index in [9.17, 15) is 4.39 Å². The van der Waals surface area contributed by atoms with Crippen LogP contribution in [-0.4, -0.2) is 4.98 Å². The standard InChI is InChI=1S/C15H17FN2/c1-9-6-11-13(17)8-14(10-4-2-3-5-10)18-15(11)7-12(9)16/h6-8,10H,2-5H2,1H3,(H2,17,18). The van der Waals surface area contributed by atoms with Gasteiger partial charge in [-0.05, 0) is 37.5 Å². The van der Waals surface area contributed by atoms with Gasteiger partial charge in [0.15, 0.2) is 0 Å². The van der Waals surface area contributed by atoms with Gasteiger partial charge in [0.1, 0.15) is 5.82 Å². The number of halogens is 1. The number of hydrogen-bond acceptors (Lipinski definition) is 2. The first-order valence-electron chi connectivity index (χ1n) is 6.51. The van der Waals surface area contributed by atoms with E-state index < -0.39 is 0 Å². The summed E-state index contributed by atoms with van der Waals surface area (Å²) in [5, 5.41) is 0.857. The van der Waals surface area contributed by atoms with Crippen LogP contribution in [-0.2, 0) is 0 Å². The van der Waals surface area contributed by atoms with Crippen LogP contribution in [0.1, 0.15) is 42.9 Å². The Morgan fingerprint density at radius 1 is 1.22 bits per heavy atom. The molecule has 2 N–H and O–H groups in total. The third-order valence-corrected chi connectivity index (χ3v) is 3.91. The number of nitrogen functional groups attached to an aromatic ring is 1. The molecule has 2 aromatic rings. The maximum Gasteiger partial charge on any atom is 0.128 e. The number of anilines is 1. The van der Waals surface area contributed by atoms with Gasteiger partial charge in [-0.2, -0.15) is 0 Å². The van der Waals surface area contributed by atoms with Crippen LogP contribution >= 0.6 is 0 Å². The van der Waals surface area contributed by atoms with Gasteiger partial charge in [-0.25, -0.2) is 4.39 Å². The second-order valence-corrected chi connectivity index (χ2v) is 5.24.